The maximum atomic E-state index is 10.5. The van der Waals surface area contributed by atoms with Crippen LogP contribution in [0, 0.1) is 0 Å². The minimum Gasteiger partial charge on any atom is -0.449 e. The summed E-state index contributed by atoms with van der Waals surface area (Å²) >= 11 is 0. The second kappa shape index (κ2) is 5.95. The second-order valence-electron chi connectivity index (χ2n) is 3.54. The van der Waals surface area contributed by atoms with Crippen molar-refractivity contribution in [3.63, 3.8) is 0 Å². The standard InChI is InChI=1S/C13H16O3/c1-3-7-10(4-2)11-8-5-6-9-12(11)16-13(14)15/h4-6,8-10H,2-3,7H2,1H3,(H,14,15). The first-order valence-corrected chi connectivity index (χ1v) is 5.31. The highest BCUT2D eigenvalue weighted by molar-refractivity contribution is 5.62. The fourth-order valence-corrected chi connectivity index (χ4v) is 1.69. The van der Waals surface area contributed by atoms with E-state index in [1.807, 2.05) is 18.2 Å². The fraction of sp³-hybridized carbons (Fsp3) is 0.308. The van der Waals surface area contributed by atoms with E-state index in [9.17, 15) is 4.79 Å². The van der Waals surface area contributed by atoms with Gasteiger partial charge in [0.1, 0.15) is 5.75 Å². The van der Waals surface area contributed by atoms with Crippen LogP contribution in [0.15, 0.2) is 36.9 Å². The molecular weight excluding hydrogens is 204 g/mol. The van der Waals surface area contributed by atoms with Crippen molar-refractivity contribution in [3.05, 3.63) is 42.5 Å². The summed E-state index contributed by atoms with van der Waals surface area (Å²) < 4.78 is 4.74. The van der Waals surface area contributed by atoms with E-state index in [1.165, 1.54) is 0 Å². The number of allylic oxidation sites excluding steroid dienone is 1. The topological polar surface area (TPSA) is 46.5 Å². The van der Waals surface area contributed by atoms with Crippen LogP contribution in [0.2, 0.25) is 0 Å². The van der Waals surface area contributed by atoms with E-state index < -0.39 is 6.16 Å². The highest BCUT2D eigenvalue weighted by Crippen LogP contribution is 2.30. The van der Waals surface area contributed by atoms with Crippen molar-refractivity contribution >= 4 is 6.16 Å². The Balaban J connectivity index is 3.00. The van der Waals surface area contributed by atoms with Crippen molar-refractivity contribution in [3.8, 4) is 5.75 Å². The molecule has 0 bridgehead atoms. The highest BCUT2D eigenvalue weighted by atomic mass is 16.7. The minimum absolute atomic E-state index is 0.139. The molecule has 16 heavy (non-hydrogen) atoms. The Labute approximate surface area is 95.4 Å². The molecular formula is C13H16O3. The molecule has 0 fully saturated rings. The molecule has 0 aliphatic rings. The lowest BCUT2D eigenvalue weighted by Crippen LogP contribution is -2.07. The molecule has 0 heterocycles. The van der Waals surface area contributed by atoms with Crippen molar-refractivity contribution in [2.24, 2.45) is 0 Å². The number of rotatable bonds is 5. The van der Waals surface area contributed by atoms with Crippen molar-refractivity contribution in [1.82, 2.24) is 0 Å². The fourth-order valence-electron chi connectivity index (χ4n) is 1.69. The van der Waals surface area contributed by atoms with E-state index in [4.69, 9.17) is 9.84 Å². The molecule has 1 aromatic carbocycles. The Bertz CT molecular complexity index is 371. The van der Waals surface area contributed by atoms with E-state index in [2.05, 4.69) is 13.5 Å². The summed E-state index contributed by atoms with van der Waals surface area (Å²) in [7, 11) is 0. The van der Waals surface area contributed by atoms with E-state index >= 15 is 0 Å². The largest absolute Gasteiger partial charge is 0.511 e. The summed E-state index contributed by atoms with van der Waals surface area (Å²) in [5, 5.41) is 8.63. The lowest BCUT2D eigenvalue weighted by Gasteiger charge is -2.14. The maximum absolute atomic E-state index is 10.5. The summed E-state index contributed by atoms with van der Waals surface area (Å²) in [6, 6.07) is 7.17. The van der Waals surface area contributed by atoms with E-state index in [0.29, 0.717) is 5.75 Å². The monoisotopic (exact) mass is 220 g/mol. The van der Waals surface area contributed by atoms with Gasteiger partial charge in [0.2, 0.25) is 0 Å². The molecule has 0 amide bonds. The van der Waals surface area contributed by atoms with Crippen LogP contribution < -0.4 is 4.74 Å². The third-order valence-corrected chi connectivity index (χ3v) is 2.40. The number of hydrogen-bond acceptors (Lipinski definition) is 2. The first kappa shape index (κ1) is 12.3. The van der Waals surface area contributed by atoms with Crippen LogP contribution in [0.1, 0.15) is 31.2 Å². The Morgan fingerprint density at radius 3 is 2.81 bits per heavy atom. The quantitative estimate of drug-likeness (QED) is 0.466. The Morgan fingerprint density at radius 1 is 1.56 bits per heavy atom. The summed E-state index contributed by atoms with van der Waals surface area (Å²) in [5.41, 5.74) is 0.877. The summed E-state index contributed by atoms with van der Waals surface area (Å²) in [4.78, 5) is 10.5. The molecule has 3 heteroatoms. The molecule has 0 spiro atoms. The van der Waals surface area contributed by atoms with Crippen LogP contribution in [0.5, 0.6) is 5.75 Å². The van der Waals surface area contributed by atoms with Gasteiger partial charge in [-0.2, -0.15) is 0 Å². The summed E-state index contributed by atoms with van der Waals surface area (Å²) in [6.45, 7) is 5.85. The predicted molar refractivity (Wildman–Crippen MR) is 62.9 cm³/mol. The second-order valence-corrected chi connectivity index (χ2v) is 3.54. The molecule has 1 unspecified atom stereocenters. The van der Waals surface area contributed by atoms with E-state index in [-0.39, 0.29) is 5.92 Å². The molecule has 0 aromatic heterocycles. The molecule has 0 saturated heterocycles. The lowest BCUT2D eigenvalue weighted by atomic mass is 9.94. The number of ether oxygens (including phenoxy) is 1. The molecule has 0 radical (unpaired) electrons. The zero-order valence-corrected chi connectivity index (χ0v) is 9.35. The highest BCUT2D eigenvalue weighted by Gasteiger charge is 2.13. The smallest absolute Gasteiger partial charge is 0.449 e. The van der Waals surface area contributed by atoms with Crippen LogP contribution in [-0.2, 0) is 0 Å². The van der Waals surface area contributed by atoms with Crippen LogP contribution in [0.25, 0.3) is 0 Å². The van der Waals surface area contributed by atoms with Gasteiger partial charge in [0.15, 0.2) is 0 Å². The zero-order chi connectivity index (χ0) is 12.0. The van der Waals surface area contributed by atoms with Gasteiger partial charge in [0.25, 0.3) is 0 Å². The van der Waals surface area contributed by atoms with Crippen molar-refractivity contribution in [2.75, 3.05) is 0 Å². The molecule has 1 N–H and O–H groups in total. The molecule has 3 nitrogen and oxygen atoms in total. The Morgan fingerprint density at radius 2 is 2.25 bits per heavy atom. The van der Waals surface area contributed by atoms with Gasteiger partial charge >= 0.3 is 6.16 Å². The van der Waals surface area contributed by atoms with Crippen molar-refractivity contribution < 1.29 is 14.6 Å². The van der Waals surface area contributed by atoms with Crippen molar-refractivity contribution in [2.45, 2.75) is 25.7 Å². The Hall–Kier alpha value is -1.77. The lowest BCUT2D eigenvalue weighted by molar-refractivity contribution is 0.144. The summed E-state index contributed by atoms with van der Waals surface area (Å²) in [6.07, 6.45) is 2.49. The molecule has 1 rings (SSSR count). The SMILES string of the molecule is C=CC(CCC)c1ccccc1OC(=O)O. The van der Waals surface area contributed by atoms with Gasteiger partial charge in [-0.15, -0.1) is 6.58 Å². The van der Waals surface area contributed by atoms with Crippen molar-refractivity contribution in [1.29, 1.82) is 0 Å². The van der Waals surface area contributed by atoms with Crippen LogP contribution in [0.3, 0.4) is 0 Å². The predicted octanol–water partition coefficient (Wildman–Crippen LogP) is 3.81. The third-order valence-electron chi connectivity index (χ3n) is 2.40. The van der Waals surface area contributed by atoms with Crippen LogP contribution >= 0.6 is 0 Å². The number of para-hydroxylation sites is 1. The average Bonchev–Trinajstić information content (AvgIpc) is 2.26. The molecule has 1 atom stereocenters. The maximum Gasteiger partial charge on any atom is 0.511 e. The number of carboxylic acid groups (broad SMARTS) is 1. The van der Waals surface area contributed by atoms with Crippen LogP contribution in [-0.4, -0.2) is 11.3 Å². The van der Waals surface area contributed by atoms with Gasteiger partial charge in [-0.05, 0) is 12.5 Å². The zero-order valence-electron chi connectivity index (χ0n) is 9.35. The normalized spacial score (nSPS) is 11.8. The van der Waals surface area contributed by atoms with Gasteiger partial charge in [0.05, 0.1) is 0 Å². The first-order chi connectivity index (χ1) is 7.69. The summed E-state index contributed by atoms with van der Waals surface area (Å²) in [5.74, 6) is 0.536. The van der Waals surface area contributed by atoms with E-state index in [1.54, 1.807) is 12.1 Å². The molecule has 86 valence electrons. The first-order valence-electron chi connectivity index (χ1n) is 5.31. The van der Waals surface area contributed by atoms with Crippen LogP contribution in [0.4, 0.5) is 4.79 Å². The molecule has 0 saturated carbocycles. The van der Waals surface area contributed by atoms with Gasteiger partial charge in [0, 0.05) is 11.5 Å². The number of benzene rings is 1. The molecule has 1 aromatic rings. The van der Waals surface area contributed by atoms with Gasteiger partial charge in [-0.3, -0.25) is 0 Å². The van der Waals surface area contributed by atoms with Gasteiger partial charge < -0.3 is 9.84 Å². The van der Waals surface area contributed by atoms with Gasteiger partial charge in [-0.25, -0.2) is 4.79 Å². The molecule has 0 aliphatic carbocycles. The molecule has 0 aliphatic heterocycles. The third kappa shape index (κ3) is 3.12. The van der Waals surface area contributed by atoms with Gasteiger partial charge in [-0.1, -0.05) is 37.6 Å². The Kier molecular flexibility index (Phi) is 4.58. The van der Waals surface area contributed by atoms with E-state index in [0.717, 1.165) is 18.4 Å². The minimum atomic E-state index is -1.29. The average molecular weight is 220 g/mol. The number of hydrogen-bond donors (Lipinski definition) is 1. The number of carbonyl (C=O) groups is 1.